The lowest BCUT2D eigenvalue weighted by atomic mass is 10.2. The van der Waals surface area contributed by atoms with Gasteiger partial charge in [-0.1, -0.05) is 12.1 Å². The number of hydrogen-bond acceptors (Lipinski definition) is 4. The maximum absolute atomic E-state index is 10.9. The first kappa shape index (κ1) is 12.8. The van der Waals surface area contributed by atoms with Crippen LogP contribution in [0.15, 0.2) is 24.3 Å². The average molecular weight is 240 g/mol. The molecule has 16 heavy (non-hydrogen) atoms. The number of thioether (sulfide) groups is 1. The molecule has 1 aromatic carbocycles. The van der Waals surface area contributed by atoms with Crippen LogP contribution in [0, 0.1) is 10.1 Å². The number of anilines is 1. The maximum Gasteiger partial charge on any atom is 0.292 e. The molecule has 0 heterocycles. The normalized spacial score (nSPS) is 12.2. The van der Waals surface area contributed by atoms with Crippen LogP contribution in [-0.2, 0) is 0 Å². The second-order valence-electron chi connectivity index (χ2n) is 3.66. The van der Waals surface area contributed by atoms with E-state index in [1.807, 2.05) is 24.3 Å². The van der Waals surface area contributed by atoms with E-state index in [1.54, 1.807) is 23.9 Å². The second-order valence-corrected chi connectivity index (χ2v) is 4.57. The number of benzene rings is 1. The molecule has 0 bridgehead atoms. The Bertz CT molecular complexity index is 371. The zero-order chi connectivity index (χ0) is 12.1. The molecule has 0 aliphatic rings. The molecule has 0 amide bonds. The van der Waals surface area contributed by atoms with E-state index in [4.69, 9.17) is 0 Å². The average Bonchev–Trinajstić information content (AvgIpc) is 2.28. The van der Waals surface area contributed by atoms with Crippen LogP contribution in [0.2, 0.25) is 0 Å². The van der Waals surface area contributed by atoms with Gasteiger partial charge >= 0.3 is 0 Å². The highest BCUT2D eigenvalue weighted by Gasteiger charge is 2.19. The van der Waals surface area contributed by atoms with Gasteiger partial charge in [0.15, 0.2) is 0 Å². The van der Waals surface area contributed by atoms with Gasteiger partial charge in [-0.2, -0.15) is 11.8 Å². The molecule has 0 spiro atoms. The van der Waals surface area contributed by atoms with Gasteiger partial charge in [0, 0.05) is 24.9 Å². The van der Waals surface area contributed by atoms with Crippen molar-refractivity contribution in [2.45, 2.75) is 13.0 Å². The van der Waals surface area contributed by atoms with E-state index < -0.39 is 0 Å². The molecule has 1 rings (SSSR count). The molecule has 1 atom stereocenters. The van der Waals surface area contributed by atoms with Crippen molar-refractivity contribution in [2.75, 3.05) is 24.0 Å². The lowest BCUT2D eigenvalue weighted by Crippen LogP contribution is -2.31. The summed E-state index contributed by atoms with van der Waals surface area (Å²) in [6.07, 6.45) is 2.03. The summed E-state index contributed by atoms with van der Waals surface area (Å²) >= 11 is 1.74. The molecule has 0 aromatic heterocycles. The summed E-state index contributed by atoms with van der Waals surface area (Å²) in [6, 6.07) is 7.11. The number of para-hydroxylation sites is 2. The first-order valence-corrected chi connectivity index (χ1v) is 6.42. The van der Waals surface area contributed by atoms with Gasteiger partial charge < -0.3 is 4.90 Å². The highest BCUT2D eigenvalue weighted by Crippen LogP contribution is 2.28. The van der Waals surface area contributed by atoms with Crippen molar-refractivity contribution in [3.05, 3.63) is 34.4 Å². The first-order chi connectivity index (χ1) is 7.57. The molecule has 88 valence electrons. The van der Waals surface area contributed by atoms with E-state index >= 15 is 0 Å². The Morgan fingerprint density at radius 3 is 2.69 bits per heavy atom. The van der Waals surface area contributed by atoms with E-state index in [0.29, 0.717) is 5.69 Å². The molecule has 0 aliphatic heterocycles. The van der Waals surface area contributed by atoms with Gasteiger partial charge in [-0.15, -0.1) is 0 Å². The summed E-state index contributed by atoms with van der Waals surface area (Å²) in [5, 5.41) is 10.9. The van der Waals surface area contributed by atoms with Crippen LogP contribution < -0.4 is 4.90 Å². The summed E-state index contributed by atoms with van der Waals surface area (Å²) in [4.78, 5) is 12.5. The van der Waals surface area contributed by atoms with Crippen LogP contribution in [0.1, 0.15) is 6.92 Å². The number of nitrogens with zero attached hydrogens (tertiary/aromatic N) is 2. The lowest BCUT2D eigenvalue weighted by Gasteiger charge is -2.25. The Labute approximate surface area is 99.8 Å². The van der Waals surface area contributed by atoms with Crippen molar-refractivity contribution in [3.63, 3.8) is 0 Å². The molecule has 0 saturated carbocycles. The smallest absolute Gasteiger partial charge is 0.292 e. The Hall–Kier alpha value is -1.23. The molecule has 1 unspecified atom stereocenters. The van der Waals surface area contributed by atoms with Gasteiger partial charge in [-0.25, -0.2) is 0 Å². The minimum Gasteiger partial charge on any atom is -0.366 e. The fourth-order valence-corrected chi connectivity index (χ4v) is 2.21. The molecular formula is C11H16N2O2S. The van der Waals surface area contributed by atoms with Crippen molar-refractivity contribution < 1.29 is 4.92 Å². The van der Waals surface area contributed by atoms with Crippen molar-refractivity contribution >= 4 is 23.1 Å². The van der Waals surface area contributed by atoms with E-state index in [2.05, 4.69) is 6.92 Å². The monoisotopic (exact) mass is 240 g/mol. The first-order valence-electron chi connectivity index (χ1n) is 5.03. The van der Waals surface area contributed by atoms with E-state index in [1.165, 1.54) is 6.07 Å². The van der Waals surface area contributed by atoms with Gasteiger partial charge in [-0.05, 0) is 19.2 Å². The van der Waals surface area contributed by atoms with E-state index in [0.717, 1.165) is 5.75 Å². The van der Waals surface area contributed by atoms with Crippen molar-refractivity contribution in [3.8, 4) is 0 Å². The highest BCUT2D eigenvalue weighted by atomic mass is 32.2. The molecule has 0 fully saturated rings. The quantitative estimate of drug-likeness (QED) is 0.586. The zero-order valence-corrected chi connectivity index (χ0v) is 10.5. The molecule has 5 heteroatoms. The predicted molar refractivity (Wildman–Crippen MR) is 69.3 cm³/mol. The predicted octanol–water partition coefficient (Wildman–Crippen LogP) is 2.78. The van der Waals surface area contributed by atoms with Crippen LogP contribution >= 0.6 is 11.8 Å². The van der Waals surface area contributed by atoms with Crippen LogP contribution in [0.25, 0.3) is 0 Å². The minimum absolute atomic E-state index is 0.165. The largest absolute Gasteiger partial charge is 0.366 e. The molecule has 1 aromatic rings. The third kappa shape index (κ3) is 2.88. The van der Waals surface area contributed by atoms with Crippen LogP contribution in [0.3, 0.4) is 0 Å². The Kier molecular flexibility index (Phi) is 4.61. The van der Waals surface area contributed by atoms with Crippen LogP contribution in [0.5, 0.6) is 0 Å². The molecule has 0 radical (unpaired) electrons. The summed E-state index contributed by atoms with van der Waals surface area (Å²) < 4.78 is 0. The van der Waals surface area contributed by atoms with Gasteiger partial charge in [0.25, 0.3) is 5.69 Å². The second kappa shape index (κ2) is 5.75. The fourth-order valence-electron chi connectivity index (χ4n) is 1.51. The maximum atomic E-state index is 10.9. The molecule has 0 saturated heterocycles. The molecule has 4 nitrogen and oxygen atoms in total. The standard InChI is InChI=1S/C11H16N2O2S/c1-9(8-16-3)12(2)10-6-4-5-7-11(10)13(14)15/h4-7,9H,8H2,1-3H3. The molecule has 0 N–H and O–H groups in total. The Morgan fingerprint density at radius 1 is 1.50 bits per heavy atom. The topological polar surface area (TPSA) is 46.4 Å². The molecule has 0 aliphatic carbocycles. The summed E-state index contributed by atoms with van der Waals surface area (Å²) in [5.41, 5.74) is 0.840. The third-order valence-electron chi connectivity index (χ3n) is 2.53. The van der Waals surface area contributed by atoms with Crippen LogP contribution in [-0.4, -0.2) is 30.0 Å². The van der Waals surface area contributed by atoms with Gasteiger partial charge in [0.1, 0.15) is 5.69 Å². The van der Waals surface area contributed by atoms with Crippen molar-refractivity contribution in [2.24, 2.45) is 0 Å². The summed E-state index contributed by atoms with van der Waals surface area (Å²) in [7, 11) is 1.89. The number of hydrogen-bond donors (Lipinski definition) is 0. The van der Waals surface area contributed by atoms with E-state index in [9.17, 15) is 10.1 Å². The van der Waals surface area contributed by atoms with Crippen molar-refractivity contribution in [1.29, 1.82) is 0 Å². The number of nitro groups is 1. The Balaban J connectivity index is 2.98. The van der Waals surface area contributed by atoms with E-state index in [-0.39, 0.29) is 16.7 Å². The number of nitro benzene ring substituents is 1. The van der Waals surface area contributed by atoms with Crippen molar-refractivity contribution in [1.82, 2.24) is 0 Å². The SMILES string of the molecule is CSCC(C)N(C)c1ccccc1[N+](=O)[O-]. The van der Waals surface area contributed by atoms with Gasteiger partial charge in [-0.3, -0.25) is 10.1 Å². The summed E-state index contributed by atoms with van der Waals surface area (Å²) in [5.74, 6) is 0.947. The molecular weight excluding hydrogens is 224 g/mol. The fraction of sp³-hybridized carbons (Fsp3) is 0.455. The Morgan fingerprint density at radius 2 is 2.12 bits per heavy atom. The zero-order valence-electron chi connectivity index (χ0n) is 9.71. The lowest BCUT2D eigenvalue weighted by molar-refractivity contribution is -0.384. The van der Waals surface area contributed by atoms with Gasteiger partial charge in [0.2, 0.25) is 0 Å². The van der Waals surface area contributed by atoms with Crippen LogP contribution in [0.4, 0.5) is 11.4 Å². The summed E-state index contributed by atoms with van der Waals surface area (Å²) in [6.45, 7) is 2.06. The minimum atomic E-state index is -0.336. The third-order valence-corrected chi connectivity index (χ3v) is 3.34. The highest BCUT2D eigenvalue weighted by molar-refractivity contribution is 7.98. The number of rotatable bonds is 5. The van der Waals surface area contributed by atoms with Gasteiger partial charge in [0.05, 0.1) is 4.92 Å².